The van der Waals surface area contributed by atoms with E-state index in [9.17, 15) is 8.42 Å². The molecule has 0 atom stereocenters. The molecule has 0 aliphatic rings. The monoisotopic (exact) mass is 287 g/mol. The lowest BCUT2D eigenvalue weighted by atomic mass is 10.4. The topological polar surface area (TPSA) is 114 Å². The van der Waals surface area contributed by atoms with Gasteiger partial charge >= 0.3 is 0 Å². The van der Waals surface area contributed by atoms with Crippen molar-refractivity contribution in [3.63, 3.8) is 0 Å². The molecule has 0 unspecified atom stereocenters. The Kier molecular flexibility index (Phi) is 4.07. The van der Waals surface area contributed by atoms with Crippen molar-refractivity contribution in [3.05, 3.63) is 29.2 Å². The molecule has 0 saturated carbocycles. The summed E-state index contributed by atoms with van der Waals surface area (Å²) < 4.78 is 26.6. The summed E-state index contributed by atoms with van der Waals surface area (Å²) in [6, 6.07) is 1.58. The average molecular weight is 287 g/mol. The Bertz CT molecular complexity index is 590. The Labute approximate surface area is 108 Å². The lowest BCUT2D eigenvalue weighted by Crippen LogP contribution is -2.25. The van der Waals surface area contributed by atoms with E-state index in [1.54, 1.807) is 11.4 Å². The molecule has 7 nitrogen and oxygen atoms in total. The van der Waals surface area contributed by atoms with E-state index < -0.39 is 10.0 Å². The summed E-state index contributed by atoms with van der Waals surface area (Å²) in [6.07, 6.45) is 1.85. The van der Waals surface area contributed by atoms with Crippen LogP contribution in [0.15, 0.2) is 22.0 Å². The molecule has 0 spiro atoms. The summed E-state index contributed by atoms with van der Waals surface area (Å²) in [5.41, 5.74) is 6.26. The van der Waals surface area contributed by atoms with Crippen LogP contribution >= 0.6 is 11.3 Å². The van der Waals surface area contributed by atoms with Crippen molar-refractivity contribution in [2.75, 3.05) is 6.54 Å². The summed E-state index contributed by atoms with van der Waals surface area (Å²) in [7, 11) is -3.45. The van der Waals surface area contributed by atoms with Crippen molar-refractivity contribution in [3.8, 4) is 0 Å². The van der Waals surface area contributed by atoms with Gasteiger partial charge in [0.1, 0.15) is 16.4 Å². The van der Waals surface area contributed by atoms with Crippen molar-refractivity contribution in [2.24, 2.45) is 5.73 Å². The minimum Gasteiger partial charge on any atom is -0.326 e. The molecule has 98 valence electrons. The third-order valence-corrected chi connectivity index (χ3v) is 5.20. The zero-order chi connectivity index (χ0) is 13.0. The molecule has 0 amide bonds. The second-order valence-electron chi connectivity index (χ2n) is 3.56. The first kappa shape index (κ1) is 13.1. The number of nitrogens with zero attached hydrogens (tertiary/aromatic N) is 2. The third-order valence-electron chi connectivity index (χ3n) is 2.25. The van der Waals surface area contributed by atoms with Crippen LogP contribution in [-0.2, 0) is 23.0 Å². The highest BCUT2D eigenvalue weighted by Gasteiger charge is 2.15. The van der Waals surface area contributed by atoms with Crippen LogP contribution in [0.1, 0.15) is 11.4 Å². The van der Waals surface area contributed by atoms with Gasteiger partial charge in [0.2, 0.25) is 10.0 Å². The molecule has 4 N–H and O–H groups in total. The summed E-state index contributed by atoms with van der Waals surface area (Å²) in [5, 5.41) is 8.09. The molecule has 0 saturated heterocycles. The summed E-state index contributed by atoms with van der Waals surface area (Å²) in [4.78, 5) is 3.91. The van der Waals surface area contributed by atoms with Gasteiger partial charge in [0, 0.05) is 19.5 Å². The highest BCUT2D eigenvalue weighted by Crippen LogP contribution is 2.19. The smallest absolute Gasteiger partial charge is 0.250 e. The van der Waals surface area contributed by atoms with Crippen LogP contribution in [0.2, 0.25) is 0 Å². The number of aromatic nitrogens is 3. The summed E-state index contributed by atoms with van der Waals surface area (Å²) in [5.74, 6) is 0.645. The Morgan fingerprint density at radius 1 is 1.50 bits per heavy atom. The molecule has 0 bridgehead atoms. The van der Waals surface area contributed by atoms with Crippen molar-refractivity contribution < 1.29 is 8.42 Å². The normalized spacial score (nSPS) is 11.8. The molecule has 2 aromatic rings. The number of aromatic amines is 1. The van der Waals surface area contributed by atoms with Gasteiger partial charge in [0.15, 0.2) is 0 Å². The number of sulfonamides is 1. The zero-order valence-corrected chi connectivity index (χ0v) is 11.1. The molecule has 2 rings (SSSR count). The van der Waals surface area contributed by atoms with E-state index in [2.05, 4.69) is 19.9 Å². The Hall–Kier alpha value is -1.29. The number of hydrogen-bond acceptors (Lipinski definition) is 6. The molecule has 9 heteroatoms. The molecule has 0 aromatic carbocycles. The van der Waals surface area contributed by atoms with E-state index in [0.717, 1.165) is 16.9 Å². The third kappa shape index (κ3) is 3.13. The number of H-pyrrole nitrogens is 1. The molecule has 0 aliphatic carbocycles. The number of hydrogen-bond donors (Lipinski definition) is 3. The Morgan fingerprint density at radius 3 is 2.94 bits per heavy atom. The van der Waals surface area contributed by atoms with Gasteiger partial charge in [-0.2, -0.15) is 5.10 Å². The largest absolute Gasteiger partial charge is 0.326 e. The molecule has 18 heavy (non-hydrogen) atoms. The van der Waals surface area contributed by atoms with Gasteiger partial charge in [-0.25, -0.2) is 18.1 Å². The number of nitrogens with two attached hydrogens (primary N) is 1. The second kappa shape index (κ2) is 5.57. The van der Waals surface area contributed by atoms with E-state index in [4.69, 9.17) is 5.73 Å². The van der Waals surface area contributed by atoms with E-state index >= 15 is 0 Å². The number of thiophene rings is 1. The van der Waals surface area contributed by atoms with Crippen molar-refractivity contribution >= 4 is 21.4 Å². The van der Waals surface area contributed by atoms with Crippen LogP contribution in [0.5, 0.6) is 0 Å². The minimum absolute atomic E-state index is 0.271. The predicted octanol–water partition coefficient (Wildman–Crippen LogP) is -0.154. The van der Waals surface area contributed by atoms with Gasteiger partial charge in [-0.3, -0.25) is 5.10 Å². The molecular formula is C9H13N5O2S2. The van der Waals surface area contributed by atoms with Crippen molar-refractivity contribution in [2.45, 2.75) is 17.2 Å². The SMILES string of the molecule is NCc1csc(S(=O)(=O)NCCc2ncn[nH]2)c1. The van der Waals surface area contributed by atoms with E-state index in [1.807, 2.05) is 0 Å². The van der Waals surface area contributed by atoms with Gasteiger partial charge in [0.25, 0.3) is 0 Å². The lowest BCUT2D eigenvalue weighted by Gasteiger charge is -2.02. The molecule has 0 radical (unpaired) electrons. The first-order chi connectivity index (χ1) is 8.62. The Balaban J connectivity index is 1.95. The van der Waals surface area contributed by atoms with Crippen LogP contribution in [0, 0.1) is 0 Å². The quantitative estimate of drug-likeness (QED) is 0.683. The molecule has 0 aliphatic heterocycles. The first-order valence-corrected chi connectivity index (χ1v) is 7.59. The van der Waals surface area contributed by atoms with Gasteiger partial charge in [-0.05, 0) is 17.0 Å². The van der Waals surface area contributed by atoms with Crippen LogP contribution < -0.4 is 10.5 Å². The minimum atomic E-state index is -3.45. The predicted molar refractivity (Wildman–Crippen MR) is 67.5 cm³/mol. The lowest BCUT2D eigenvalue weighted by molar-refractivity contribution is 0.583. The molecule has 0 fully saturated rings. The number of nitrogens with one attached hydrogen (secondary N) is 2. The molecular weight excluding hydrogens is 274 g/mol. The van der Waals surface area contributed by atoms with Crippen LogP contribution in [0.25, 0.3) is 0 Å². The van der Waals surface area contributed by atoms with Crippen LogP contribution in [0.3, 0.4) is 0 Å². The van der Waals surface area contributed by atoms with Gasteiger partial charge in [-0.1, -0.05) is 0 Å². The first-order valence-electron chi connectivity index (χ1n) is 5.23. The molecule has 2 aromatic heterocycles. The Morgan fingerprint density at radius 2 is 2.33 bits per heavy atom. The van der Waals surface area contributed by atoms with Crippen molar-refractivity contribution in [1.29, 1.82) is 0 Å². The van der Waals surface area contributed by atoms with E-state index in [0.29, 0.717) is 18.8 Å². The van der Waals surface area contributed by atoms with E-state index in [1.165, 1.54) is 6.33 Å². The van der Waals surface area contributed by atoms with Gasteiger partial charge in [-0.15, -0.1) is 11.3 Å². The second-order valence-corrected chi connectivity index (χ2v) is 6.46. The van der Waals surface area contributed by atoms with Crippen LogP contribution in [0.4, 0.5) is 0 Å². The highest BCUT2D eigenvalue weighted by molar-refractivity contribution is 7.91. The fourth-order valence-corrected chi connectivity index (χ4v) is 3.63. The maximum Gasteiger partial charge on any atom is 0.250 e. The number of rotatable bonds is 6. The maximum atomic E-state index is 11.9. The van der Waals surface area contributed by atoms with Gasteiger partial charge < -0.3 is 5.73 Å². The van der Waals surface area contributed by atoms with Crippen molar-refractivity contribution in [1.82, 2.24) is 19.9 Å². The summed E-state index contributed by atoms with van der Waals surface area (Å²) >= 11 is 1.16. The average Bonchev–Trinajstić information content (AvgIpc) is 2.99. The fraction of sp³-hybridized carbons (Fsp3) is 0.333. The molecule has 2 heterocycles. The van der Waals surface area contributed by atoms with E-state index in [-0.39, 0.29) is 10.8 Å². The standard InChI is InChI=1S/C9H13N5O2S2/c10-4-7-3-9(17-5-7)18(15,16)13-2-1-8-11-6-12-14-8/h3,5-6,13H,1-2,4,10H2,(H,11,12,14). The van der Waals surface area contributed by atoms with Crippen LogP contribution in [-0.4, -0.2) is 30.1 Å². The van der Waals surface area contributed by atoms with Gasteiger partial charge in [0.05, 0.1) is 0 Å². The zero-order valence-electron chi connectivity index (χ0n) is 9.46. The summed E-state index contributed by atoms with van der Waals surface area (Å²) in [6.45, 7) is 0.609. The maximum absolute atomic E-state index is 11.9. The fourth-order valence-electron chi connectivity index (χ4n) is 1.33. The highest BCUT2D eigenvalue weighted by atomic mass is 32.2.